The van der Waals surface area contributed by atoms with Gasteiger partial charge in [-0.1, -0.05) is 73.8 Å². The van der Waals surface area contributed by atoms with Gasteiger partial charge in [-0.3, -0.25) is 0 Å². The molecule has 1 aromatic carbocycles. The predicted octanol–water partition coefficient (Wildman–Crippen LogP) is 8.05. The molecule has 0 radical (unpaired) electrons. The normalized spacial score (nSPS) is 15.0. The van der Waals surface area contributed by atoms with Crippen LogP contribution in [0.25, 0.3) is 0 Å². The summed E-state index contributed by atoms with van der Waals surface area (Å²) in [6.07, 6.45) is 1.15. The smallest absolute Gasteiger partial charge is 0.507 e. The van der Waals surface area contributed by atoms with Crippen molar-refractivity contribution in [2.75, 3.05) is 11.5 Å². The zero-order chi connectivity index (χ0) is 25.1. The highest BCUT2D eigenvalue weighted by Crippen LogP contribution is 2.70. The van der Waals surface area contributed by atoms with Gasteiger partial charge in [0.25, 0.3) is 0 Å². The van der Waals surface area contributed by atoms with Crippen molar-refractivity contribution < 1.29 is 28.0 Å². The van der Waals surface area contributed by atoms with E-state index < -0.39 is 31.5 Å². The van der Waals surface area contributed by atoms with E-state index in [1.54, 1.807) is 0 Å². The first-order valence-electron chi connectivity index (χ1n) is 11.2. The van der Waals surface area contributed by atoms with Crippen molar-refractivity contribution in [1.29, 1.82) is 0 Å². The highest BCUT2D eigenvalue weighted by atomic mass is 32.3. The maximum Gasteiger partial charge on any atom is 0.749 e. The summed E-state index contributed by atoms with van der Waals surface area (Å²) in [5, 5.41) is 11.2. The first-order chi connectivity index (χ1) is 14.5. The van der Waals surface area contributed by atoms with Gasteiger partial charge in [-0.2, -0.15) is 10.0 Å². The van der Waals surface area contributed by atoms with Gasteiger partial charge in [-0.05, 0) is 52.2 Å². The molecule has 0 heterocycles. The first-order valence-corrected chi connectivity index (χ1v) is 15.4. The number of hydrogen-bond acceptors (Lipinski definition) is 5. The number of rotatable bonds is 10. The second kappa shape index (κ2) is 10.8. The van der Waals surface area contributed by atoms with E-state index in [0.717, 1.165) is 27.5 Å². The zero-order valence-electron chi connectivity index (χ0n) is 21.3. The van der Waals surface area contributed by atoms with E-state index in [4.69, 9.17) is 9.42 Å². The summed E-state index contributed by atoms with van der Waals surface area (Å²) in [6.45, 7) is 20.7. The molecule has 0 fully saturated rings. The molecule has 2 N–H and O–H groups in total. The molecule has 32 heavy (non-hydrogen) atoms. The maximum atomic E-state index is 12.5. The van der Waals surface area contributed by atoms with Crippen molar-refractivity contribution in [3.63, 3.8) is 0 Å². The molecule has 0 aliphatic heterocycles. The quantitative estimate of drug-likeness (QED) is 0.311. The molecule has 2 atom stereocenters. The lowest BCUT2D eigenvalue weighted by molar-refractivity contribution is 0.144. The zero-order valence-corrected chi connectivity index (χ0v) is 23.9. The van der Waals surface area contributed by atoms with E-state index >= 15 is 0 Å². The molecule has 0 aliphatic carbocycles. The summed E-state index contributed by atoms with van der Waals surface area (Å²) in [5.41, 5.74) is 1.19. The van der Waals surface area contributed by atoms with Gasteiger partial charge in [0.15, 0.2) is 9.24 Å². The number of phenols is 1. The first kappa shape index (κ1) is 29.5. The molecule has 0 aliphatic rings. The van der Waals surface area contributed by atoms with Crippen LogP contribution in [-0.4, -0.2) is 26.4 Å². The van der Waals surface area contributed by atoms with Gasteiger partial charge >= 0.3 is 16.5 Å². The fourth-order valence-corrected chi connectivity index (χ4v) is 10.7. The molecule has 0 amide bonds. The van der Waals surface area contributed by atoms with Crippen LogP contribution in [-0.2, 0) is 28.8 Å². The highest BCUT2D eigenvalue weighted by Gasteiger charge is 2.54. The molecule has 0 spiro atoms. The van der Waals surface area contributed by atoms with Crippen LogP contribution in [0.5, 0.6) is 5.75 Å². The summed E-state index contributed by atoms with van der Waals surface area (Å²) >= 11 is 0. The monoisotopic (exact) mass is 508 g/mol. The van der Waals surface area contributed by atoms with Crippen LogP contribution in [0.15, 0.2) is 17.0 Å². The summed E-state index contributed by atoms with van der Waals surface area (Å²) in [5.74, 6) is 1.87. The largest absolute Gasteiger partial charge is 0.749 e. The Morgan fingerprint density at radius 1 is 0.875 bits per heavy atom. The van der Waals surface area contributed by atoms with Gasteiger partial charge < -0.3 is 5.11 Å². The van der Waals surface area contributed by atoms with Crippen molar-refractivity contribution in [1.82, 2.24) is 0 Å². The molecule has 6 nitrogen and oxygen atoms in total. The Morgan fingerprint density at radius 3 is 1.56 bits per heavy atom. The van der Waals surface area contributed by atoms with Crippen molar-refractivity contribution in [2.24, 2.45) is 0 Å². The molecule has 2 unspecified atom stereocenters. The lowest BCUT2D eigenvalue weighted by Gasteiger charge is -2.51. The summed E-state index contributed by atoms with van der Waals surface area (Å²) in [4.78, 5) is 9.37. The lowest BCUT2D eigenvalue weighted by atomic mass is 9.79. The molecule has 9 heteroatoms. The molecule has 0 saturated carbocycles. The van der Waals surface area contributed by atoms with Crippen molar-refractivity contribution in [2.45, 2.75) is 103 Å². The van der Waals surface area contributed by atoms with Gasteiger partial charge in [0.05, 0.1) is 0 Å². The van der Waals surface area contributed by atoms with E-state index in [-0.39, 0.29) is 10.8 Å². The SMILES string of the molecule is CCC(CC)(O[P+](=O)O[P+](=O)O)S(CC)(CC)c1cc(C(C)(C)C)c(O)c(C(C)(C)C)c1. The number of hydrogen-bond donors (Lipinski definition) is 2. The minimum atomic E-state index is -3.03. The Labute approximate surface area is 197 Å². The molecule has 0 bridgehead atoms. The maximum absolute atomic E-state index is 12.5. The van der Waals surface area contributed by atoms with Gasteiger partial charge in [0, 0.05) is 20.3 Å². The van der Waals surface area contributed by atoms with E-state index in [9.17, 15) is 14.2 Å². The molecule has 184 valence electrons. The fourth-order valence-electron chi connectivity index (χ4n) is 4.47. The van der Waals surface area contributed by atoms with Crippen LogP contribution in [0, 0.1) is 0 Å². The minimum Gasteiger partial charge on any atom is -0.507 e. The molecule has 0 aromatic heterocycles. The standard InChI is InChI=1S/C23H40O6P2S/c1-11-23(12-2,28-31(27)29-30(25)26)32(13-3,14-4)17-15-18(21(5,6)7)20(24)19(16-17)22(8,9)10/h15-16H,11-14H2,1-10H3/p+2. The molecular weight excluding hydrogens is 466 g/mol. The van der Waals surface area contributed by atoms with Crippen LogP contribution >= 0.6 is 26.5 Å². The van der Waals surface area contributed by atoms with E-state index in [0.29, 0.717) is 18.6 Å². The van der Waals surface area contributed by atoms with Crippen molar-refractivity contribution >= 4 is 26.5 Å². The van der Waals surface area contributed by atoms with E-state index in [1.165, 1.54) is 0 Å². The predicted molar refractivity (Wildman–Crippen MR) is 135 cm³/mol. The third-order valence-electron chi connectivity index (χ3n) is 6.30. The van der Waals surface area contributed by atoms with E-state index in [2.05, 4.69) is 71.8 Å². The van der Waals surface area contributed by atoms with Crippen LogP contribution in [0.4, 0.5) is 0 Å². The van der Waals surface area contributed by atoms with Gasteiger partial charge in [0.1, 0.15) is 5.75 Å². The average Bonchev–Trinajstić information content (AvgIpc) is 2.66. The van der Waals surface area contributed by atoms with Crippen molar-refractivity contribution in [3.8, 4) is 5.75 Å². The van der Waals surface area contributed by atoms with Crippen LogP contribution < -0.4 is 0 Å². The Bertz CT molecular complexity index is 799. The van der Waals surface area contributed by atoms with Crippen LogP contribution in [0.2, 0.25) is 0 Å². The number of phenolic OH excluding ortho intramolecular Hbond substituents is 1. The Morgan fingerprint density at radius 2 is 1.28 bits per heavy atom. The molecule has 1 aromatic rings. The minimum absolute atomic E-state index is 0.280. The Kier molecular flexibility index (Phi) is 9.95. The van der Waals surface area contributed by atoms with Crippen LogP contribution in [0.1, 0.15) is 93.2 Å². The topological polar surface area (TPSA) is 93.1 Å². The Balaban J connectivity index is 3.97. The Hall–Kier alpha value is -0.550. The number of aromatic hydroxyl groups is 1. The lowest BCUT2D eigenvalue weighted by Crippen LogP contribution is -2.38. The third kappa shape index (κ3) is 5.92. The second-order valence-electron chi connectivity index (χ2n) is 10.1. The third-order valence-corrected chi connectivity index (χ3v) is 13.2. The van der Waals surface area contributed by atoms with Gasteiger partial charge in [-0.15, -0.1) is 4.89 Å². The summed E-state index contributed by atoms with van der Waals surface area (Å²) in [6, 6.07) is 4.19. The highest BCUT2D eigenvalue weighted by molar-refractivity contribution is 8.34. The van der Waals surface area contributed by atoms with Crippen molar-refractivity contribution in [3.05, 3.63) is 23.3 Å². The average molecular weight is 509 g/mol. The van der Waals surface area contributed by atoms with Gasteiger partial charge in [0.2, 0.25) is 0 Å². The molecule has 0 saturated heterocycles. The fraction of sp³-hybridized carbons (Fsp3) is 0.739. The number of benzene rings is 1. The molecule has 1 rings (SSSR count). The summed E-state index contributed by atoms with van der Waals surface area (Å²) in [7, 11) is -7.53. The molecular formula is C23H42O6P2S+2. The van der Waals surface area contributed by atoms with Gasteiger partial charge in [-0.25, -0.2) is 0 Å². The van der Waals surface area contributed by atoms with E-state index in [1.807, 2.05) is 13.8 Å². The summed E-state index contributed by atoms with van der Waals surface area (Å²) < 4.78 is 34.3. The van der Waals surface area contributed by atoms with Crippen LogP contribution in [0.3, 0.4) is 0 Å². The second-order valence-corrected chi connectivity index (χ2v) is 16.0.